The molecule has 2 fully saturated rings. The molecule has 140 valence electrons. The van der Waals surface area contributed by atoms with Crippen LogP contribution in [0.4, 0.5) is 5.82 Å². The zero-order valence-electron chi connectivity index (χ0n) is 15.8. The third kappa shape index (κ3) is 3.06. The Morgan fingerprint density at radius 3 is 2.56 bits per heavy atom. The molecule has 7 heteroatoms. The molecule has 0 amide bonds. The molecular formula is C20H25N7. The van der Waals surface area contributed by atoms with Crippen LogP contribution in [0.15, 0.2) is 30.7 Å². The van der Waals surface area contributed by atoms with Crippen LogP contribution in [0.3, 0.4) is 0 Å². The Morgan fingerprint density at radius 1 is 1.00 bits per heavy atom. The molecule has 0 unspecified atom stereocenters. The minimum Gasteiger partial charge on any atom is -0.356 e. The van der Waals surface area contributed by atoms with Gasteiger partial charge in [0, 0.05) is 44.1 Å². The molecule has 0 radical (unpaired) electrons. The minimum absolute atomic E-state index is 0.718. The molecule has 0 aromatic carbocycles. The summed E-state index contributed by atoms with van der Waals surface area (Å²) >= 11 is 0. The zero-order valence-corrected chi connectivity index (χ0v) is 15.8. The van der Waals surface area contributed by atoms with Gasteiger partial charge in [-0.2, -0.15) is 5.10 Å². The van der Waals surface area contributed by atoms with Gasteiger partial charge in [0.15, 0.2) is 11.5 Å². The maximum Gasteiger partial charge on any atom is 0.165 e. The molecule has 7 nitrogen and oxygen atoms in total. The van der Waals surface area contributed by atoms with Crippen molar-refractivity contribution in [2.24, 2.45) is 7.05 Å². The number of anilines is 1. The zero-order chi connectivity index (χ0) is 18.2. The Bertz CT molecular complexity index is 922. The average Bonchev–Trinajstić information content (AvgIpc) is 3.39. The standard InChI is InChI=1S/C20H25N7/c1-25-19-17(14-22-25)20(24-18(23-19)15-5-4-8-21-13-15)27-11-6-16(7-12-27)26-9-2-3-10-26/h4-5,8,13-14,16H,2-3,6-7,9-12H2,1H3. The lowest BCUT2D eigenvalue weighted by Gasteiger charge is -2.37. The van der Waals surface area contributed by atoms with E-state index < -0.39 is 0 Å². The second-order valence-corrected chi connectivity index (χ2v) is 7.58. The van der Waals surface area contributed by atoms with Crippen molar-refractivity contribution in [3.63, 3.8) is 0 Å². The molecule has 0 atom stereocenters. The van der Waals surface area contributed by atoms with Crippen LogP contribution in [-0.2, 0) is 7.05 Å². The monoisotopic (exact) mass is 363 g/mol. The summed E-state index contributed by atoms with van der Waals surface area (Å²) in [6, 6.07) is 4.66. The molecule has 3 aromatic rings. The number of fused-ring (bicyclic) bond motifs is 1. The molecule has 0 spiro atoms. The van der Waals surface area contributed by atoms with Gasteiger partial charge in [-0.15, -0.1) is 0 Å². The van der Waals surface area contributed by atoms with Gasteiger partial charge in [-0.1, -0.05) is 0 Å². The Balaban J connectivity index is 1.47. The Morgan fingerprint density at radius 2 is 1.81 bits per heavy atom. The van der Waals surface area contributed by atoms with Crippen molar-refractivity contribution in [2.45, 2.75) is 31.7 Å². The first-order valence-electron chi connectivity index (χ1n) is 9.89. The SMILES string of the molecule is Cn1ncc2c(N3CCC(N4CCCC4)CC3)nc(-c3cccnc3)nc21. The lowest BCUT2D eigenvalue weighted by Crippen LogP contribution is -2.44. The third-order valence-corrected chi connectivity index (χ3v) is 5.91. The average molecular weight is 363 g/mol. The summed E-state index contributed by atoms with van der Waals surface area (Å²) < 4.78 is 1.83. The topological polar surface area (TPSA) is 63.0 Å². The van der Waals surface area contributed by atoms with E-state index in [1.54, 1.807) is 6.20 Å². The van der Waals surface area contributed by atoms with E-state index in [0.717, 1.165) is 47.4 Å². The maximum absolute atomic E-state index is 4.94. The van der Waals surface area contributed by atoms with E-state index in [0.29, 0.717) is 0 Å². The van der Waals surface area contributed by atoms with Gasteiger partial charge in [0.25, 0.3) is 0 Å². The van der Waals surface area contributed by atoms with Crippen molar-refractivity contribution in [3.8, 4) is 11.4 Å². The number of hydrogen-bond donors (Lipinski definition) is 0. The van der Waals surface area contributed by atoms with Gasteiger partial charge in [0.05, 0.1) is 11.6 Å². The first-order valence-corrected chi connectivity index (χ1v) is 9.89. The lowest BCUT2D eigenvalue weighted by atomic mass is 10.0. The molecule has 0 aliphatic carbocycles. The summed E-state index contributed by atoms with van der Waals surface area (Å²) in [7, 11) is 1.94. The number of aromatic nitrogens is 5. The van der Waals surface area contributed by atoms with Crippen LogP contribution in [0.25, 0.3) is 22.4 Å². The highest BCUT2D eigenvalue weighted by molar-refractivity contribution is 5.88. The van der Waals surface area contributed by atoms with E-state index in [9.17, 15) is 0 Å². The minimum atomic E-state index is 0.718. The highest BCUT2D eigenvalue weighted by atomic mass is 15.3. The largest absolute Gasteiger partial charge is 0.356 e. The fourth-order valence-electron chi connectivity index (χ4n) is 4.42. The molecule has 0 N–H and O–H groups in total. The van der Waals surface area contributed by atoms with Gasteiger partial charge in [0.2, 0.25) is 0 Å². The number of pyridine rings is 1. The van der Waals surface area contributed by atoms with E-state index in [1.165, 1.54) is 38.8 Å². The summed E-state index contributed by atoms with van der Waals surface area (Å²) in [6.45, 7) is 4.62. The molecular weight excluding hydrogens is 338 g/mol. The van der Waals surface area contributed by atoms with Crippen LogP contribution in [0.2, 0.25) is 0 Å². The van der Waals surface area contributed by atoms with E-state index in [-0.39, 0.29) is 0 Å². The molecule has 27 heavy (non-hydrogen) atoms. The summed E-state index contributed by atoms with van der Waals surface area (Å²) in [5.41, 5.74) is 1.81. The van der Waals surface area contributed by atoms with E-state index in [4.69, 9.17) is 9.97 Å². The van der Waals surface area contributed by atoms with Crippen molar-refractivity contribution in [3.05, 3.63) is 30.7 Å². The van der Waals surface area contributed by atoms with Gasteiger partial charge < -0.3 is 9.80 Å². The fourth-order valence-corrected chi connectivity index (χ4v) is 4.42. The van der Waals surface area contributed by atoms with Gasteiger partial charge in [-0.05, 0) is 50.9 Å². The van der Waals surface area contributed by atoms with Gasteiger partial charge in [-0.3, -0.25) is 9.67 Å². The second kappa shape index (κ2) is 6.88. The molecule has 3 aromatic heterocycles. The van der Waals surface area contributed by atoms with Crippen molar-refractivity contribution in [1.82, 2.24) is 29.6 Å². The fraction of sp³-hybridized carbons (Fsp3) is 0.500. The highest BCUT2D eigenvalue weighted by Crippen LogP contribution is 2.30. The summed E-state index contributed by atoms with van der Waals surface area (Å²) in [5, 5.41) is 5.46. The Kier molecular flexibility index (Phi) is 4.24. The second-order valence-electron chi connectivity index (χ2n) is 7.58. The molecule has 5 rings (SSSR count). The third-order valence-electron chi connectivity index (χ3n) is 5.91. The van der Waals surface area contributed by atoms with Crippen molar-refractivity contribution < 1.29 is 0 Å². The number of aryl methyl sites for hydroxylation is 1. The van der Waals surface area contributed by atoms with Crippen molar-refractivity contribution in [2.75, 3.05) is 31.1 Å². The van der Waals surface area contributed by atoms with Crippen LogP contribution in [-0.4, -0.2) is 61.9 Å². The van der Waals surface area contributed by atoms with Crippen molar-refractivity contribution >= 4 is 16.9 Å². The summed E-state index contributed by atoms with van der Waals surface area (Å²) in [4.78, 5) is 19.0. The number of likely N-dealkylation sites (tertiary alicyclic amines) is 1. The number of piperidine rings is 1. The van der Waals surface area contributed by atoms with Gasteiger partial charge in [0.1, 0.15) is 5.82 Å². The predicted octanol–water partition coefficient (Wildman–Crippen LogP) is 2.49. The van der Waals surface area contributed by atoms with Crippen LogP contribution in [0.1, 0.15) is 25.7 Å². The van der Waals surface area contributed by atoms with Crippen LogP contribution >= 0.6 is 0 Å². The Hall–Kier alpha value is -2.54. The van der Waals surface area contributed by atoms with E-state index in [2.05, 4.69) is 19.9 Å². The van der Waals surface area contributed by atoms with Crippen LogP contribution < -0.4 is 4.90 Å². The molecule has 0 saturated carbocycles. The maximum atomic E-state index is 4.94. The number of hydrogen-bond acceptors (Lipinski definition) is 6. The van der Waals surface area contributed by atoms with Gasteiger partial charge >= 0.3 is 0 Å². The van der Waals surface area contributed by atoms with Crippen molar-refractivity contribution in [1.29, 1.82) is 0 Å². The van der Waals surface area contributed by atoms with Gasteiger partial charge in [-0.25, -0.2) is 9.97 Å². The molecule has 5 heterocycles. The molecule has 2 aliphatic heterocycles. The summed E-state index contributed by atoms with van der Waals surface area (Å²) in [6.07, 6.45) is 10.6. The predicted molar refractivity (Wildman–Crippen MR) is 106 cm³/mol. The first-order chi connectivity index (χ1) is 13.3. The smallest absolute Gasteiger partial charge is 0.165 e. The molecule has 2 saturated heterocycles. The molecule has 0 bridgehead atoms. The highest BCUT2D eigenvalue weighted by Gasteiger charge is 2.28. The first kappa shape index (κ1) is 16.6. The Labute approximate surface area is 159 Å². The van der Waals surface area contributed by atoms with E-state index in [1.807, 2.05) is 36.3 Å². The van der Waals surface area contributed by atoms with Crippen LogP contribution in [0, 0.1) is 0 Å². The quantitative estimate of drug-likeness (QED) is 0.712. The summed E-state index contributed by atoms with van der Waals surface area (Å²) in [5.74, 6) is 1.72. The van der Waals surface area contributed by atoms with E-state index >= 15 is 0 Å². The number of nitrogens with zero attached hydrogens (tertiary/aromatic N) is 7. The normalized spacial score (nSPS) is 19.2. The van der Waals surface area contributed by atoms with Crippen LogP contribution in [0.5, 0.6) is 0 Å². The number of rotatable bonds is 3. The lowest BCUT2D eigenvalue weighted by molar-refractivity contribution is 0.208. The molecule has 2 aliphatic rings.